The van der Waals surface area contributed by atoms with E-state index in [0.717, 1.165) is 5.56 Å². The van der Waals surface area contributed by atoms with Crippen molar-refractivity contribution in [2.45, 2.75) is 0 Å². The van der Waals surface area contributed by atoms with Crippen LogP contribution in [0.2, 0.25) is 0 Å². The van der Waals surface area contributed by atoms with Gasteiger partial charge in [0.1, 0.15) is 6.26 Å². The summed E-state index contributed by atoms with van der Waals surface area (Å²) in [5.74, 6) is 0.652. The molecule has 2 nitrogen and oxygen atoms in total. The summed E-state index contributed by atoms with van der Waals surface area (Å²) < 4.78 is 0. The van der Waals surface area contributed by atoms with E-state index in [4.69, 9.17) is 4.89 Å². The molecule has 0 radical (unpaired) electrons. The molecule has 0 spiro atoms. The standard InChI is InChI=1S/C14H12O2/c1-2-15-16-14-10-8-13(9-11-14)12-6-4-3-5-7-12/h2-11H,1H2. The SMILES string of the molecule is C=COOc1ccc(-c2ccccc2)cc1. The van der Waals surface area contributed by atoms with Crippen LogP contribution in [0.1, 0.15) is 0 Å². The first-order valence-corrected chi connectivity index (χ1v) is 5.00. The molecule has 2 rings (SSSR count). The summed E-state index contributed by atoms with van der Waals surface area (Å²) in [6, 6.07) is 17.8. The van der Waals surface area contributed by atoms with Crippen molar-refractivity contribution >= 4 is 0 Å². The van der Waals surface area contributed by atoms with E-state index < -0.39 is 0 Å². The lowest BCUT2D eigenvalue weighted by Gasteiger charge is -2.03. The fourth-order valence-corrected chi connectivity index (χ4v) is 1.42. The summed E-state index contributed by atoms with van der Waals surface area (Å²) >= 11 is 0. The zero-order valence-electron chi connectivity index (χ0n) is 8.80. The zero-order valence-corrected chi connectivity index (χ0v) is 8.80. The van der Waals surface area contributed by atoms with Gasteiger partial charge < -0.3 is 0 Å². The molecule has 0 atom stereocenters. The van der Waals surface area contributed by atoms with Gasteiger partial charge in [-0.3, -0.25) is 9.78 Å². The van der Waals surface area contributed by atoms with E-state index in [1.54, 1.807) is 0 Å². The van der Waals surface area contributed by atoms with Crippen LogP contribution in [-0.2, 0) is 4.89 Å². The van der Waals surface area contributed by atoms with Crippen molar-refractivity contribution in [3.05, 3.63) is 67.4 Å². The highest BCUT2D eigenvalue weighted by atomic mass is 17.2. The lowest BCUT2D eigenvalue weighted by molar-refractivity contribution is -0.148. The molecule has 0 amide bonds. The Hall–Kier alpha value is -2.22. The fourth-order valence-electron chi connectivity index (χ4n) is 1.42. The van der Waals surface area contributed by atoms with Crippen molar-refractivity contribution in [3.63, 3.8) is 0 Å². The minimum Gasteiger partial charge on any atom is -0.299 e. The van der Waals surface area contributed by atoms with Crippen LogP contribution < -0.4 is 4.89 Å². The molecule has 2 aromatic carbocycles. The summed E-state index contributed by atoms with van der Waals surface area (Å²) in [6.07, 6.45) is 1.24. The van der Waals surface area contributed by atoms with E-state index in [1.807, 2.05) is 42.5 Å². The number of rotatable bonds is 4. The summed E-state index contributed by atoms with van der Waals surface area (Å²) in [7, 11) is 0. The van der Waals surface area contributed by atoms with E-state index in [-0.39, 0.29) is 0 Å². The highest BCUT2D eigenvalue weighted by molar-refractivity contribution is 5.63. The predicted octanol–water partition coefficient (Wildman–Crippen LogP) is 3.81. The Labute approximate surface area is 94.7 Å². The third kappa shape index (κ3) is 2.42. The summed E-state index contributed by atoms with van der Waals surface area (Å²) in [5, 5.41) is 0. The number of hydrogen-bond donors (Lipinski definition) is 0. The average molecular weight is 212 g/mol. The molecule has 0 bridgehead atoms. The highest BCUT2D eigenvalue weighted by Crippen LogP contribution is 2.21. The van der Waals surface area contributed by atoms with Crippen LogP contribution in [0, 0.1) is 0 Å². The van der Waals surface area contributed by atoms with E-state index in [2.05, 4.69) is 23.6 Å². The third-order valence-electron chi connectivity index (χ3n) is 2.17. The quantitative estimate of drug-likeness (QED) is 0.436. The van der Waals surface area contributed by atoms with Gasteiger partial charge in [-0.2, -0.15) is 0 Å². The van der Waals surface area contributed by atoms with Crippen LogP contribution in [0.25, 0.3) is 11.1 Å². The third-order valence-corrected chi connectivity index (χ3v) is 2.17. The first-order chi connectivity index (χ1) is 7.90. The van der Waals surface area contributed by atoms with Gasteiger partial charge in [-0.05, 0) is 23.3 Å². The second-order valence-electron chi connectivity index (χ2n) is 3.24. The van der Waals surface area contributed by atoms with Crippen molar-refractivity contribution in [2.75, 3.05) is 0 Å². The van der Waals surface area contributed by atoms with Gasteiger partial charge >= 0.3 is 0 Å². The van der Waals surface area contributed by atoms with Crippen LogP contribution in [0.5, 0.6) is 5.75 Å². The van der Waals surface area contributed by atoms with Crippen LogP contribution >= 0.6 is 0 Å². The zero-order chi connectivity index (χ0) is 11.2. The molecule has 2 heteroatoms. The lowest BCUT2D eigenvalue weighted by atomic mass is 10.1. The van der Waals surface area contributed by atoms with Crippen molar-refractivity contribution in [1.29, 1.82) is 0 Å². The first-order valence-electron chi connectivity index (χ1n) is 5.00. The van der Waals surface area contributed by atoms with E-state index in [9.17, 15) is 0 Å². The molecule has 0 aliphatic rings. The van der Waals surface area contributed by atoms with Gasteiger partial charge in [-0.25, -0.2) is 0 Å². The molecule has 0 saturated heterocycles. The van der Waals surface area contributed by atoms with Gasteiger partial charge in [0.15, 0.2) is 5.75 Å². The average Bonchev–Trinajstić information content (AvgIpc) is 2.38. The maximum Gasteiger partial charge on any atom is 0.178 e. The molecule has 80 valence electrons. The van der Waals surface area contributed by atoms with Gasteiger partial charge in [0.2, 0.25) is 0 Å². The highest BCUT2D eigenvalue weighted by Gasteiger charge is 1.97. The number of benzene rings is 2. The molecule has 0 heterocycles. The Morgan fingerprint density at radius 1 is 0.812 bits per heavy atom. The van der Waals surface area contributed by atoms with Crippen molar-refractivity contribution in [2.24, 2.45) is 0 Å². The van der Waals surface area contributed by atoms with Crippen molar-refractivity contribution in [3.8, 4) is 16.9 Å². The van der Waals surface area contributed by atoms with E-state index >= 15 is 0 Å². The van der Waals surface area contributed by atoms with Crippen LogP contribution in [-0.4, -0.2) is 0 Å². The molecule has 2 aromatic rings. The van der Waals surface area contributed by atoms with Gasteiger partial charge in [-0.15, -0.1) is 0 Å². The maximum absolute atomic E-state index is 4.93. The Bertz CT molecular complexity index is 446. The van der Waals surface area contributed by atoms with Gasteiger partial charge in [0.25, 0.3) is 0 Å². The second kappa shape index (κ2) is 5.03. The van der Waals surface area contributed by atoms with Crippen LogP contribution in [0.4, 0.5) is 0 Å². The summed E-state index contributed by atoms with van der Waals surface area (Å²) in [6.45, 7) is 3.39. The predicted molar refractivity (Wildman–Crippen MR) is 63.8 cm³/mol. The minimum absolute atomic E-state index is 0.652. The molecular weight excluding hydrogens is 200 g/mol. The monoisotopic (exact) mass is 212 g/mol. The Morgan fingerprint density at radius 2 is 1.44 bits per heavy atom. The Balaban J connectivity index is 2.16. The molecule has 0 fully saturated rings. The molecule has 0 unspecified atom stereocenters. The normalized spacial score (nSPS) is 9.50. The fraction of sp³-hybridized carbons (Fsp3) is 0. The maximum atomic E-state index is 4.93. The number of hydrogen-bond acceptors (Lipinski definition) is 2. The van der Waals surface area contributed by atoms with Crippen LogP contribution in [0.15, 0.2) is 67.4 Å². The topological polar surface area (TPSA) is 18.5 Å². The molecule has 0 saturated carbocycles. The lowest BCUT2D eigenvalue weighted by Crippen LogP contribution is -1.88. The van der Waals surface area contributed by atoms with E-state index in [1.165, 1.54) is 11.8 Å². The minimum atomic E-state index is 0.652. The molecule has 0 aromatic heterocycles. The molecule has 0 N–H and O–H groups in total. The smallest absolute Gasteiger partial charge is 0.178 e. The summed E-state index contributed by atoms with van der Waals surface area (Å²) in [4.78, 5) is 9.56. The van der Waals surface area contributed by atoms with Gasteiger partial charge in [0, 0.05) is 0 Å². The summed E-state index contributed by atoms with van der Waals surface area (Å²) in [5.41, 5.74) is 2.32. The first kappa shape index (κ1) is 10.3. The Morgan fingerprint density at radius 3 is 2.06 bits per heavy atom. The van der Waals surface area contributed by atoms with Crippen LogP contribution in [0.3, 0.4) is 0 Å². The Kier molecular flexibility index (Phi) is 3.24. The van der Waals surface area contributed by atoms with Gasteiger partial charge in [-0.1, -0.05) is 49.0 Å². The largest absolute Gasteiger partial charge is 0.299 e. The van der Waals surface area contributed by atoms with Crippen molar-refractivity contribution < 1.29 is 9.78 Å². The van der Waals surface area contributed by atoms with E-state index in [0.29, 0.717) is 5.75 Å². The second-order valence-corrected chi connectivity index (χ2v) is 3.24. The molecule has 0 aliphatic carbocycles. The molecular formula is C14H12O2. The van der Waals surface area contributed by atoms with Gasteiger partial charge in [0.05, 0.1) is 0 Å². The molecule has 0 aliphatic heterocycles. The van der Waals surface area contributed by atoms with Crippen molar-refractivity contribution in [1.82, 2.24) is 0 Å². The molecule has 16 heavy (non-hydrogen) atoms.